The SMILES string of the molecule is CN(C)C(=O)c1cc(NC(=O)c2ccc(S(=O)(=O)N(C)C)cc2)c(=O)n(C)c1. The fraction of sp³-hybridized carbons (Fsp3) is 0.278. The first-order valence-corrected chi connectivity index (χ1v) is 9.65. The van der Waals surface area contributed by atoms with Crippen LogP contribution in [0.25, 0.3) is 0 Å². The van der Waals surface area contributed by atoms with Gasteiger partial charge in [0.05, 0.1) is 10.5 Å². The van der Waals surface area contributed by atoms with Crippen LogP contribution in [-0.4, -0.2) is 62.2 Å². The number of aryl methyl sites for hydroxylation is 1. The van der Waals surface area contributed by atoms with Crippen molar-refractivity contribution in [2.45, 2.75) is 4.90 Å². The third-order valence-corrected chi connectivity index (χ3v) is 5.81. The molecule has 28 heavy (non-hydrogen) atoms. The summed E-state index contributed by atoms with van der Waals surface area (Å²) < 4.78 is 26.5. The van der Waals surface area contributed by atoms with Crippen molar-refractivity contribution >= 4 is 27.5 Å². The number of carbonyl (C=O) groups is 2. The van der Waals surface area contributed by atoms with E-state index in [9.17, 15) is 22.8 Å². The van der Waals surface area contributed by atoms with E-state index in [0.29, 0.717) is 0 Å². The highest BCUT2D eigenvalue weighted by Gasteiger charge is 2.18. The fourth-order valence-electron chi connectivity index (χ4n) is 2.36. The van der Waals surface area contributed by atoms with Gasteiger partial charge in [-0.25, -0.2) is 12.7 Å². The van der Waals surface area contributed by atoms with Crippen LogP contribution in [0.4, 0.5) is 5.69 Å². The Kier molecular flexibility index (Phi) is 6.05. The van der Waals surface area contributed by atoms with Crippen molar-refractivity contribution < 1.29 is 18.0 Å². The molecule has 0 spiro atoms. The molecule has 0 saturated heterocycles. The number of aromatic nitrogens is 1. The topological polar surface area (TPSA) is 109 Å². The Labute approximate surface area is 163 Å². The van der Waals surface area contributed by atoms with Gasteiger partial charge in [-0.1, -0.05) is 0 Å². The summed E-state index contributed by atoms with van der Waals surface area (Å²) in [6, 6.07) is 6.65. The number of nitrogens with zero attached hydrogens (tertiary/aromatic N) is 3. The lowest BCUT2D eigenvalue weighted by atomic mass is 10.2. The number of hydrogen-bond acceptors (Lipinski definition) is 5. The van der Waals surface area contributed by atoms with E-state index in [0.717, 1.165) is 4.31 Å². The first-order chi connectivity index (χ1) is 12.9. The number of nitrogens with one attached hydrogen (secondary N) is 1. The van der Waals surface area contributed by atoms with Crippen LogP contribution >= 0.6 is 0 Å². The monoisotopic (exact) mass is 406 g/mol. The van der Waals surface area contributed by atoms with Crippen molar-refractivity contribution in [1.82, 2.24) is 13.8 Å². The predicted octanol–water partition coefficient (Wildman–Crippen LogP) is 0.590. The average molecular weight is 406 g/mol. The molecule has 0 aliphatic carbocycles. The number of amides is 2. The average Bonchev–Trinajstić information content (AvgIpc) is 2.64. The largest absolute Gasteiger partial charge is 0.345 e. The van der Waals surface area contributed by atoms with Gasteiger partial charge in [-0.2, -0.15) is 0 Å². The summed E-state index contributed by atoms with van der Waals surface area (Å²) >= 11 is 0. The molecule has 2 amide bonds. The quantitative estimate of drug-likeness (QED) is 0.782. The lowest BCUT2D eigenvalue weighted by Crippen LogP contribution is -2.28. The van der Waals surface area contributed by atoms with Gasteiger partial charge in [-0.3, -0.25) is 14.4 Å². The summed E-state index contributed by atoms with van der Waals surface area (Å²) in [7, 11) is 3.85. The normalized spacial score (nSPS) is 11.4. The maximum absolute atomic E-state index is 12.5. The summed E-state index contributed by atoms with van der Waals surface area (Å²) in [4.78, 5) is 38.3. The van der Waals surface area contributed by atoms with Crippen molar-refractivity contribution in [2.24, 2.45) is 7.05 Å². The molecule has 150 valence electrons. The lowest BCUT2D eigenvalue weighted by Gasteiger charge is -2.13. The second-order valence-electron chi connectivity index (χ2n) is 6.52. The van der Waals surface area contributed by atoms with Gasteiger partial charge in [0.2, 0.25) is 10.0 Å². The third-order valence-electron chi connectivity index (χ3n) is 3.98. The van der Waals surface area contributed by atoms with Crippen molar-refractivity contribution in [1.29, 1.82) is 0 Å². The van der Waals surface area contributed by atoms with Gasteiger partial charge >= 0.3 is 0 Å². The van der Waals surface area contributed by atoms with Gasteiger partial charge in [-0.05, 0) is 30.3 Å². The number of rotatable bonds is 5. The van der Waals surface area contributed by atoms with Crippen LogP contribution in [0.15, 0.2) is 46.2 Å². The molecule has 0 saturated carbocycles. The number of benzene rings is 1. The summed E-state index contributed by atoms with van der Waals surface area (Å²) in [5, 5.41) is 2.48. The highest BCUT2D eigenvalue weighted by molar-refractivity contribution is 7.89. The molecule has 1 aromatic heterocycles. The van der Waals surface area contributed by atoms with Crippen molar-refractivity contribution in [3.05, 3.63) is 58.0 Å². The van der Waals surface area contributed by atoms with E-state index in [4.69, 9.17) is 0 Å². The van der Waals surface area contributed by atoms with Crippen LogP contribution < -0.4 is 10.9 Å². The van der Waals surface area contributed by atoms with E-state index in [1.54, 1.807) is 14.1 Å². The van der Waals surface area contributed by atoms with Gasteiger partial charge in [-0.15, -0.1) is 0 Å². The Morgan fingerprint density at radius 1 is 1.00 bits per heavy atom. The van der Waals surface area contributed by atoms with Crippen LogP contribution in [0.2, 0.25) is 0 Å². The summed E-state index contributed by atoms with van der Waals surface area (Å²) in [6.07, 6.45) is 1.39. The third kappa shape index (κ3) is 4.29. The summed E-state index contributed by atoms with van der Waals surface area (Å²) in [5.41, 5.74) is -0.112. The van der Waals surface area contributed by atoms with Crippen LogP contribution in [0.5, 0.6) is 0 Å². The highest BCUT2D eigenvalue weighted by atomic mass is 32.2. The van der Waals surface area contributed by atoms with Gasteiger partial charge in [0.25, 0.3) is 17.4 Å². The molecular weight excluding hydrogens is 384 g/mol. The summed E-state index contributed by atoms with van der Waals surface area (Å²) in [6.45, 7) is 0. The molecule has 0 radical (unpaired) electrons. The Bertz CT molecular complexity index is 1070. The van der Waals surface area contributed by atoms with Crippen molar-refractivity contribution in [2.75, 3.05) is 33.5 Å². The fourth-order valence-corrected chi connectivity index (χ4v) is 3.26. The van der Waals surface area contributed by atoms with E-state index < -0.39 is 21.5 Å². The number of hydrogen-bond donors (Lipinski definition) is 1. The van der Waals surface area contributed by atoms with Crippen LogP contribution in [0.1, 0.15) is 20.7 Å². The van der Waals surface area contributed by atoms with Gasteiger partial charge in [0.1, 0.15) is 5.69 Å². The first-order valence-electron chi connectivity index (χ1n) is 8.21. The molecule has 0 atom stereocenters. The van der Waals surface area contributed by atoms with Gasteiger partial charge < -0.3 is 14.8 Å². The van der Waals surface area contributed by atoms with E-state index in [1.165, 1.54) is 67.1 Å². The number of pyridine rings is 1. The molecule has 10 heteroatoms. The molecule has 1 N–H and O–H groups in total. The molecule has 0 aliphatic rings. The Morgan fingerprint density at radius 2 is 1.57 bits per heavy atom. The highest BCUT2D eigenvalue weighted by Crippen LogP contribution is 2.15. The second kappa shape index (κ2) is 7.95. The van der Waals surface area contributed by atoms with Crippen molar-refractivity contribution in [3.8, 4) is 0 Å². The number of sulfonamides is 1. The van der Waals surface area contributed by atoms with E-state index in [1.807, 2.05) is 0 Å². The minimum Gasteiger partial charge on any atom is -0.345 e. The molecule has 9 nitrogen and oxygen atoms in total. The van der Waals surface area contributed by atoms with E-state index >= 15 is 0 Å². The van der Waals surface area contributed by atoms with Crippen LogP contribution in [0, 0.1) is 0 Å². The Morgan fingerprint density at radius 3 is 2.07 bits per heavy atom. The Hall–Kier alpha value is -2.98. The second-order valence-corrected chi connectivity index (χ2v) is 8.68. The number of carbonyl (C=O) groups excluding carboxylic acids is 2. The minimum absolute atomic E-state index is 0.0449. The van der Waals surface area contributed by atoms with Crippen molar-refractivity contribution in [3.63, 3.8) is 0 Å². The molecule has 0 unspecified atom stereocenters. The maximum Gasteiger partial charge on any atom is 0.274 e. The molecule has 1 heterocycles. The standard InChI is InChI=1S/C18H22N4O5S/c1-20(2)17(24)13-10-15(18(25)22(5)11-13)19-16(23)12-6-8-14(9-7-12)28(26,27)21(3)4/h6-11H,1-5H3,(H,19,23). The number of anilines is 1. The van der Waals surface area contributed by atoms with E-state index in [2.05, 4.69) is 5.32 Å². The van der Waals surface area contributed by atoms with E-state index in [-0.39, 0.29) is 27.6 Å². The molecule has 2 rings (SSSR count). The first kappa shape index (κ1) is 21.3. The molecule has 1 aromatic carbocycles. The Balaban J connectivity index is 2.33. The van der Waals surface area contributed by atoms with Crippen LogP contribution in [0.3, 0.4) is 0 Å². The zero-order valence-electron chi connectivity index (χ0n) is 16.3. The predicted molar refractivity (Wildman–Crippen MR) is 105 cm³/mol. The molecule has 0 fully saturated rings. The smallest absolute Gasteiger partial charge is 0.274 e. The zero-order valence-corrected chi connectivity index (χ0v) is 17.1. The minimum atomic E-state index is -3.61. The van der Waals surface area contributed by atoms with Gasteiger partial charge in [0, 0.05) is 47.0 Å². The molecule has 2 aromatic rings. The molecule has 0 aliphatic heterocycles. The van der Waals surface area contributed by atoms with Crippen LogP contribution in [-0.2, 0) is 17.1 Å². The summed E-state index contributed by atoms with van der Waals surface area (Å²) in [5.74, 6) is -0.912. The van der Waals surface area contributed by atoms with Gasteiger partial charge in [0.15, 0.2) is 0 Å². The molecule has 0 bridgehead atoms. The zero-order chi connectivity index (χ0) is 21.2. The maximum atomic E-state index is 12.5. The lowest BCUT2D eigenvalue weighted by molar-refractivity contribution is 0.0826. The molecular formula is C18H22N4O5S.